The highest BCUT2D eigenvalue weighted by molar-refractivity contribution is 7.89. The number of carbonyl (C=O) groups is 1. The van der Waals surface area contributed by atoms with Gasteiger partial charge in [-0.25, -0.2) is 8.42 Å². The van der Waals surface area contributed by atoms with Gasteiger partial charge in [0.2, 0.25) is 15.9 Å². The third kappa shape index (κ3) is 2.77. The molecule has 0 saturated carbocycles. The van der Waals surface area contributed by atoms with E-state index in [0.717, 1.165) is 10.8 Å². The Bertz CT molecular complexity index is 786. The van der Waals surface area contributed by atoms with Gasteiger partial charge in [0.1, 0.15) is 0 Å². The molecule has 6 heteroatoms. The fourth-order valence-electron chi connectivity index (χ4n) is 2.46. The monoisotopic (exact) mass is 304 g/mol. The van der Waals surface area contributed by atoms with Crippen LogP contribution in [0.5, 0.6) is 0 Å². The molecule has 21 heavy (non-hydrogen) atoms. The number of fused-ring (bicyclic) bond motifs is 1. The van der Waals surface area contributed by atoms with Crippen LogP contribution in [-0.4, -0.2) is 38.3 Å². The maximum atomic E-state index is 12.7. The summed E-state index contributed by atoms with van der Waals surface area (Å²) >= 11 is 0. The molecule has 1 amide bonds. The number of benzene rings is 2. The van der Waals surface area contributed by atoms with Gasteiger partial charge in [0.15, 0.2) is 0 Å². The van der Waals surface area contributed by atoms with Crippen LogP contribution in [0.3, 0.4) is 0 Å². The van der Waals surface area contributed by atoms with Crippen LogP contribution in [0.4, 0.5) is 0 Å². The van der Waals surface area contributed by atoms with E-state index < -0.39 is 10.0 Å². The van der Waals surface area contributed by atoms with Crippen molar-refractivity contribution in [3.63, 3.8) is 0 Å². The van der Waals surface area contributed by atoms with Crippen LogP contribution in [0.1, 0.15) is 6.42 Å². The summed E-state index contributed by atoms with van der Waals surface area (Å²) in [5, 5.41) is 4.58. The summed E-state index contributed by atoms with van der Waals surface area (Å²) in [6.07, 6.45) is 0.201. The molecule has 2 aromatic carbocycles. The van der Waals surface area contributed by atoms with Gasteiger partial charge in [-0.1, -0.05) is 30.3 Å². The van der Waals surface area contributed by atoms with Gasteiger partial charge in [0.05, 0.1) is 4.90 Å². The van der Waals surface area contributed by atoms with Gasteiger partial charge in [-0.15, -0.1) is 0 Å². The molecule has 1 fully saturated rings. The van der Waals surface area contributed by atoms with Crippen molar-refractivity contribution in [2.24, 2.45) is 0 Å². The summed E-state index contributed by atoms with van der Waals surface area (Å²) in [5.41, 5.74) is 0. The third-order valence-corrected chi connectivity index (χ3v) is 5.52. The zero-order valence-electron chi connectivity index (χ0n) is 11.5. The first-order valence-electron chi connectivity index (χ1n) is 6.83. The van der Waals surface area contributed by atoms with Gasteiger partial charge >= 0.3 is 0 Å². The first-order valence-corrected chi connectivity index (χ1v) is 8.27. The molecule has 0 aromatic heterocycles. The van der Waals surface area contributed by atoms with E-state index in [9.17, 15) is 13.2 Å². The van der Waals surface area contributed by atoms with E-state index in [-0.39, 0.29) is 23.8 Å². The minimum Gasteiger partial charge on any atom is -0.355 e. The fourth-order valence-corrected chi connectivity index (χ4v) is 3.94. The molecule has 0 spiro atoms. The number of hydrogen-bond acceptors (Lipinski definition) is 3. The summed E-state index contributed by atoms with van der Waals surface area (Å²) in [6, 6.07) is 12.8. The maximum absolute atomic E-state index is 12.7. The molecule has 0 aliphatic carbocycles. The molecular weight excluding hydrogens is 288 g/mol. The molecule has 3 rings (SSSR count). The largest absolute Gasteiger partial charge is 0.355 e. The van der Waals surface area contributed by atoms with Crippen molar-refractivity contribution in [2.75, 3.05) is 19.6 Å². The van der Waals surface area contributed by atoms with Gasteiger partial charge in [-0.2, -0.15) is 4.31 Å². The predicted molar refractivity (Wildman–Crippen MR) is 80.3 cm³/mol. The first-order chi connectivity index (χ1) is 10.1. The molecule has 0 atom stereocenters. The van der Waals surface area contributed by atoms with Gasteiger partial charge in [-0.3, -0.25) is 4.79 Å². The Kier molecular flexibility index (Phi) is 3.65. The number of carbonyl (C=O) groups excluding carboxylic acids is 1. The lowest BCUT2D eigenvalue weighted by Gasteiger charge is -2.19. The highest BCUT2D eigenvalue weighted by Gasteiger charge is 2.26. The van der Waals surface area contributed by atoms with E-state index in [1.54, 1.807) is 12.1 Å². The van der Waals surface area contributed by atoms with Crippen molar-refractivity contribution < 1.29 is 13.2 Å². The average molecular weight is 304 g/mol. The van der Waals surface area contributed by atoms with Crippen molar-refractivity contribution in [2.45, 2.75) is 11.3 Å². The smallest absolute Gasteiger partial charge is 0.243 e. The van der Waals surface area contributed by atoms with E-state index in [0.29, 0.717) is 13.1 Å². The summed E-state index contributed by atoms with van der Waals surface area (Å²) in [6.45, 7) is 0.882. The Morgan fingerprint density at radius 1 is 1.00 bits per heavy atom. The van der Waals surface area contributed by atoms with Crippen LogP contribution >= 0.6 is 0 Å². The van der Waals surface area contributed by atoms with Crippen molar-refractivity contribution in [3.05, 3.63) is 42.5 Å². The standard InChI is InChI=1S/C15H16N2O3S/c18-15-7-9-17(10-8-16-15)21(19,20)14-6-5-12-3-1-2-4-13(12)11-14/h1-6,11H,7-10H2,(H,16,18). The maximum Gasteiger partial charge on any atom is 0.243 e. The molecule has 110 valence electrons. The second kappa shape index (κ2) is 5.46. The summed E-state index contributed by atoms with van der Waals surface area (Å²) in [4.78, 5) is 11.6. The van der Waals surface area contributed by atoms with Crippen molar-refractivity contribution in [3.8, 4) is 0 Å². The normalized spacial score (nSPS) is 17.4. The van der Waals surface area contributed by atoms with Gasteiger partial charge in [0.25, 0.3) is 0 Å². The van der Waals surface area contributed by atoms with Crippen LogP contribution in [0.15, 0.2) is 47.4 Å². The van der Waals surface area contributed by atoms with Gasteiger partial charge in [-0.05, 0) is 22.9 Å². The lowest BCUT2D eigenvalue weighted by molar-refractivity contribution is -0.120. The molecule has 0 unspecified atom stereocenters. The van der Waals surface area contributed by atoms with Crippen LogP contribution in [0.25, 0.3) is 10.8 Å². The van der Waals surface area contributed by atoms with Crippen molar-refractivity contribution >= 4 is 26.7 Å². The molecule has 1 aliphatic rings. The molecular formula is C15H16N2O3S. The number of rotatable bonds is 2. The van der Waals surface area contributed by atoms with Crippen LogP contribution in [0.2, 0.25) is 0 Å². The van der Waals surface area contributed by atoms with Crippen molar-refractivity contribution in [1.29, 1.82) is 0 Å². The molecule has 0 radical (unpaired) electrons. The summed E-state index contributed by atoms with van der Waals surface area (Å²) in [5.74, 6) is -0.105. The van der Waals surface area contributed by atoms with E-state index in [1.165, 1.54) is 4.31 Å². The number of nitrogens with zero attached hydrogens (tertiary/aromatic N) is 1. The minimum absolute atomic E-state index is 0.105. The average Bonchev–Trinajstić information content (AvgIpc) is 2.72. The zero-order chi connectivity index (χ0) is 14.9. The molecule has 0 bridgehead atoms. The Hall–Kier alpha value is -1.92. The summed E-state index contributed by atoms with van der Waals surface area (Å²) in [7, 11) is -3.56. The minimum atomic E-state index is -3.56. The number of amides is 1. The zero-order valence-corrected chi connectivity index (χ0v) is 12.3. The van der Waals surface area contributed by atoms with Crippen LogP contribution in [-0.2, 0) is 14.8 Å². The molecule has 1 N–H and O–H groups in total. The number of hydrogen-bond donors (Lipinski definition) is 1. The Morgan fingerprint density at radius 2 is 1.76 bits per heavy atom. The van der Waals surface area contributed by atoms with E-state index in [1.807, 2.05) is 30.3 Å². The Labute approximate surface area is 123 Å². The van der Waals surface area contributed by atoms with E-state index >= 15 is 0 Å². The number of nitrogens with one attached hydrogen (secondary N) is 1. The molecule has 1 saturated heterocycles. The second-order valence-electron chi connectivity index (χ2n) is 5.01. The first kappa shape index (κ1) is 14.0. The van der Waals surface area contributed by atoms with Gasteiger partial charge in [0, 0.05) is 26.1 Å². The highest BCUT2D eigenvalue weighted by atomic mass is 32.2. The van der Waals surface area contributed by atoms with Crippen LogP contribution in [0, 0.1) is 0 Å². The van der Waals surface area contributed by atoms with Crippen LogP contribution < -0.4 is 5.32 Å². The molecule has 1 aliphatic heterocycles. The Morgan fingerprint density at radius 3 is 2.57 bits per heavy atom. The molecule has 1 heterocycles. The quantitative estimate of drug-likeness (QED) is 0.911. The molecule has 5 nitrogen and oxygen atoms in total. The summed E-state index contributed by atoms with van der Waals surface area (Å²) < 4.78 is 26.7. The Balaban J connectivity index is 1.97. The second-order valence-corrected chi connectivity index (χ2v) is 6.95. The topological polar surface area (TPSA) is 66.5 Å². The lowest BCUT2D eigenvalue weighted by Crippen LogP contribution is -2.34. The highest BCUT2D eigenvalue weighted by Crippen LogP contribution is 2.22. The van der Waals surface area contributed by atoms with Gasteiger partial charge < -0.3 is 5.32 Å². The number of sulfonamides is 1. The van der Waals surface area contributed by atoms with Crippen molar-refractivity contribution in [1.82, 2.24) is 9.62 Å². The molecule has 2 aromatic rings. The van der Waals surface area contributed by atoms with E-state index in [2.05, 4.69) is 5.32 Å². The lowest BCUT2D eigenvalue weighted by atomic mass is 10.1. The SMILES string of the molecule is O=C1CCN(S(=O)(=O)c2ccc3ccccc3c2)CCN1. The predicted octanol–water partition coefficient (Wildman–Crippen LogP) is 1.35. The fraction of sp³-hybridized carbons (Fsp3) is 0.267. The van der Waals surface area contributed by atoms with E-state index in [4.69, 9.17) is 0 Å². The third-order valence-electron chi connectivity index (χ3n) is 3.63.